The average molecular weight is 980 g/mol. The topological polar surface area (TPSA) is 312 Å². The van der Waals surface area contributed by atoms with Gasteiger partial charge in [0.2, 0.25) is 11.9 Å². The van der Waals surface area contributed by atoms with Crippen molar-refractivity contribution in [3.05, 3.63) is 93.2 Å². The van der Waals surface area contributed by atoms with Crippen molar-refractivity contribution in [1.29, 1.82) is 0 Å². The number of amides is 1. The number of ether oxygens (including phenoxy) is 6. The van der Waals surface area contributed by atoms with Crippen LogP contribution < -0.4 is 31.8 Å². The number of hydrogen-bond acceptors (Lipinski definition) is 19. The second-order valence-electron chi connectivity index (χ2n) is 18.3. The molecule has 5 heterocycles. The molecule has 1 amide bonds. The van der Waals surface area contributed by atoms with Crippen molar-refractivity contribution in [3.63, 3.8) is 0 Å². The summed E-state index contributed by atoms with van der Waals surface area (Å²) in [7, 11) is -5.06. The highest BCUT2D eigenvalue weighted by atomic mass is 31.2. The molecular weight excluding hydrogens is 926 g/mol. The first-order chi connectivity index (χ1) is 32.5. The van der Waals surface area contributed by atoms with E-state index in [2.05, 4.69) is 71.8 Å². The second-order valence-corrected chi connectivity index (χ2v) is 19.7. The van der Waals surface area contributed by atoms with E-state index in [-0.39, 0.29) is 46.7 Å². The number of phosphoric ester groups is 1. The maximum Gasteiger partial charge on any atom is 0.472 e. The highest BCUT2D eigenvalue weighted by Gasteiger charge is 2.45. The lowest BCUT2D eigenvalue weighted by molar-refractivity contribution is -0.155. The van der Waals surface area contributed by atoms with Crippen molar-refractivity contribution in [1.82, 2.24) is 34.1 Å². The standard InChI is InChI=1S/C44H54N9O15P/c1-24(54)61-18-31-30(17-35(65-31)53-23-47-40(45)51-42(53)58)68-69(59,60)64-19-32-29(67-36(56)21-63-28-14-10-26(11-15-28)44(5,6)7)16-34(66-32)52-22-46-37-38(52)49-41(50-39(37)57)48-33(55)20-62-27-12-8-25(9-13-27)43(2,3)4/h8-15,22-23,29-32,34-35H,16-21H2,1-7H3,(H,59,60)(H2,45,51,58)(H2,48,49,50,55,57)/t29?,30?,31-,32-,34-,35-/m1/s1. The normalized spacial score (nSPS) is 21.4. The molecule has 7 rings (SSSR count). The van der Waals surface area contributed by atoms with Gasteiger partial charge in [0, 0.05) is 19.8 Å². The van der Waals surface area contributed by atoms with E-state index < -0.39 is 100 Å². The summed E-state index contributed by atoms with van der Waals surface area (Å²) in [4.78, 5) is 93.2. The van der Waals surface area contributed by atoms with Crippen LogP contribution in [-0.2, 0) is 57.8 Å². The Morgan fingerprint density at radius 2 is 1.39 bits per heavy atom. The third-order valence-corrected chi connectivity index (χ3v) is 12.0. The number of aromatic nitrogens is 7. The van der Waals surface area contributed by atoms with E-state index in [1.54, 1.807) is 24.3 Å². The molecule has 3 unspecified atom stereocenters. The molecule has 2 aliphatic rings. The van der Waals surface area contributed by atoms with Gasteiger partial charge in [-0.25, -0.2) is 24.1 Å². The zero-order valence-corrected chi connectivity index (χ0v) is 39.7. The quantitative estimate of drug-likeness (QED) is 0.0764. The lowest BCUT2D eigenvalue weighted by Gasteiger charge is -2.23. The number of nitrogen functional groups attached to an aromatic ring is 1. The van der Waals surface area contributed by atoms with Gasteiger partial charge in [0.05, 0.1) is 12.9 Å². The third kappa shape index (κ3) is 13.0. The Bertz CT molecular complexity index is 2820. The predicted octanol–water partition coefficient (Wildman–Crippen LogP) is 3.60. The van der Waals surface area contributed by atoms with Crippen LogP contribution in [0.4, 0.5) is 11.9 Å². The third-order valence-electron chi connectivity index (χ3n) is 11.0. The number of carbonyl (C=O) groups is 3. The molecule has 0 radical (unpaired) electrons. The van der Waals surface area contributed by atoms with Crippen LogP contribution in [0.5, 0.6) is 11.5 Å². The lowest BCUT2D eigenvalue weighted by atomic mass is 9.87. The maximum absolute atomic E-state index is 13.6. The first-order valence-corrected chi connectivity index (χ1v) is 23.2. The van der Waals surface area contributed by atoms with Gasteiger partial charge >= 0.3 is 25.5 Å². The molecule has 69 heavy (non-hydrogen) atoms. The molecule has 0 saturated carbocycles. The summed E-state index contributed by atoms with van der Waals surface area (Å²) in [6.07, 6.45) is -5.01. The van der Waals surface area contributed by atoms with E-state index in [1.165, 1.54) is 10.9 Å². The van der Waals surface area contributed by atoms with Crippen LogP contribution in [0.15, 0.2) is 70.8 Å². The van der Waals surface area contributed by atoms with Crippen LogP contribution in [0.1, 0.15) is 84.9 Å². The van der Waals surface area contributed by atoms with Crippen molar-refractivity contribution >= 4 is 48.7 Å². The number of H-pyrrole nitrogens is 1. The van der Waals surface area contributed by atoms with E-state index in [4.69, 9.17) is 43.2 Å². The van der Waals surface area contributed by atoms with E-state index in [0.717, 1.165) is 28.9 Å². The zero-order valence-electron chi connectivity index (χ0n) is 38.9. The molecule has 0 spiro atoms. The minimum absolute atomic E-state index is 0.0252. The molecule has 24 nitrogen and oxygen atoms in total. The molecule has 7 atom stereocenters. The fraction of sp³-hybridized carbons (Fsp3) is 0.477. The number of nitrogens with zero attached hydrogens (tertiary/aromatic N) is 6. The molecule has 0 aliphatic carbocycles. The van der Waals surface area contributed by atoms with Crippen LogP contribution in [0.2, 0.25) is 0 Å². The maximum atomic E-state index is 13.6. The molecule has 370 valence electrons. The number of nitrogens with two attached hydrogens (primary N) is 1. The summed E-state index contributed by atoms with van der Waals surface area (Å²) in [6.45, 7) is 11.5. The summed E-state index contributed by atoms with van der Waals surface area (Å²) >= 11 is 0. The first-order valence-electron chi connectivity index (χ1n) is 21.7. The smallest absolute Gasteiger partial charge is 0.472 e. The molecule has 2 aliphatic heterocycles. The van der Waals surface area contributed by atoms with Gasteiger partial charge in [-0.3, -0.25) is 42.9 Å². The van der Waals surface area contributed by atoms with E-state index in [0.29, 0.717) is 11.5 Å². The number of imidazole rings is 1. The SMILES string of the molecule is CC(=O)OC[C@H]1O[C@@H](n2cnc(N)nc2=O)CC1OP(=O)(O)OC[C@H]1O[C@@H](n2cnc3c(=O)[nH]c(NC(=O)COc4ccc(C(C)(C)C)cc4)nc32)CC1OC(=O)COc1ccc(C(C)(C)C)cc1. The molecule has 2 fully saturated rings. The Hall–Kier alpha value is -6.56. The molecule has 2 aromatic carbocycles. The number of nitrogens with one attached hydrogen (secondary N) is 2. The van der Waals surface area contributed by atoms with Crippen molar-refractivity contribution in [2.24, 2.45) is 0 Å². The number of carbonyl (C=O) groups excluding carboxylic acids is 3. The fourth-order valence-corrected chi connectivity index (χ4v) is 8.32. The summed E-state index contributed by atoms with van der Waals surface area (Å²) in [6, 6.07) is 14.5. The van der Waals surface area contributed by atoms with Crippen LogP contribution in [-0.4, -0.2) is 108 Å². The predicted molar refractivity (Wildman–Crippen MR) is 243 cm³/mol. The van der Waals surface area contributed by atoms with Gasteiger partial charge in [0.1, 0.15) is 61.3 Å². The molecular formula is C44H54N9O15P. The number of aromatic amines is 1. The largest absolute Gasteiger partial charge is 0.484 e. The summed E-state index contributed by atoms with van der Waals surface area (Å²) in [5.74, 6) is -1.77. The van der Waals surface area contributed by atoms with Gasteiger partial charge in [0.15, 0.2) is 24.4 Å². The summed E-state index contributed by atoms with van der Waals surface area (Å²) in [5, 5.41) is 2.52. The number of anilines is 2. The highest BCUT2D eigenvalue weighted by Crippen LogP contribution is 2.49. The Morgan fingerprint density at radius 1 is 0.826 bits per heavy atom. The average Bonchev–Trinajstić information content (AvgIpc) is 4.00. The van der Waals surface area contributed by atoms with Gasteiger partial charge in [-0.05, 0) is 46.2 Å². The van der Waals surface area contributed by atoms with Crippen LogP contribution >= 0.6 is 7.82 Å². The number of fused-ring (bicyclic) bond motifs is 1. The Labute approximate surface area is 394 Å². The van der Waals surface area contributed by atoms with E-state index in [1.807, 2.05) is 24.3 Å². The van der Waals surface area contributed by atoms with Gasteiger partial charge in [-0.1, -0.05) is 65.8 Å². The minimum Gasteiger partial charge on any atom is -0.484 e. The lowest BCUT2D eigenvalue weighted by Crippen LogP contribution is -2.33. The molecule has 5 N–H and O–H groups in total. The van der Waals surface area contributed by atoms with Gasteiger partial charge < -0.3 is 39.0 Å². The number of benzene rings is 2. The van der Waals surface area contributed by atoms with Gasteiger partial charge in [-0.2, -0.15) is 9.97 Å². The highest BCUT2D eigenvalue weighted by molar-refractivity contribution is 7.47. The Balaban J connectivity index is 1.06. The fourth-order valence-electron chi connectivity index (χ4n) is 7.36. The number of phosphoric acid groups is 1. The van der Waals surface area contributed by atoms with Crippen molar-refractivity contribution in [2.45, 2.75) is 109 Å². The minimum atomic E-state index is -5.06. The molecule has 3 aromatic heterocycles. The summed E-state index contributed by atoms with van der Waals surface area (Å²) < 4.78 is 61.3. The number of rotatable bonds is 17. The van der Waals surface area contributed by atoms with E-state index >= 15 is 0 Å². The van der Waals surface area contributed by atoms with Gasteiger partial charge in [0.25, 0.3) is 11.5 Å². The van der Waals surface area contributed by atoms with Crippen LogP contribution in [0.25, 0.3) is 11.2 Å². The summed E-state index contributed by atoms with van der Waals surface area (Å²) in [5.41, 5.74) is 5.80. The Morgan fingerprint density at radius 3 is 1.99 bits per heavy atom. The Kier molecular flexibility index (Phi) is 15.0. The molecule has 2 saturated heterocycles. The molecule has 0 bridgehead atoms. The van der Waals surface area contributed by atoms with Crippen molar-refractivity contribution in [2.75, 3.05) is 37.5 Å². The zero-order chi connectivity index (χ0) is 49.8. The molecule has 25 heteroatoms. The molecule has 5 aromatic rings. The number of hydrogen-bond donors (Lipinski definition) is 4. The first kappa shape index (κ1) is 50.3. The second kappa shape index (κ2) is 20.6. The van der Waals surface area contributed by atoms with Crippen LogP contribution in [0, 0.1) is 0 Å². The van der Waals surface area contributed by atoms with Crippen molar-refractivity contribution < 1.29 is 61.3 Å². The number of esters is 2. The van der Waals surface area contributed by atoms with E-state index in [9.17, 15) is 33.4 Å². The van der Waals surface area contributed by atoms with Gasteiger partial charge in [-0.15, -0.1) is 0 Å². The van der Waals surface area contributed by atoms with Crippen LogP contribution in [0.3, 0.4) is 0 Å². The monoisotopic (exact) mass is 979 g/mol. The van der Waals surface area contributed by atoms with Crippen molar-refractivity contribution in [3.8, 4) is 11.5 Å².